The van der Waals surface area contributed by atoms with Crippen molar-refractivity contribution in [2.45, 2.75) is 51.9 Å². The van der Waals surface area contributed by atoms with Gasteiger partial charge in [0, 0.05) is 41.8 Å². The molecule has 106 valence electrons. The van der Waals surface area contributed by atoms with Gasteiger partial charge in [0.2, 0.25) is 0 Å². The summed E-state index contributed by atoms with van der Waals surface area (Å²) in [6, 6.07) is 0. The second-order valence-corrected chi connectivity index (χ2v) is 6.82. The van der Waals surface area contributed by atoms with E-state index in [1.165, 1.54) is 0 Å². The first kappa shape index (κ1) is 14.6. The van der Waals surface area contributed by atoms with Crippen LogP contribution < -0.4 is 0 Å². The number of aromatic nitrogens is 4. The molecule has 0 spiro atoms. The first-order chi connectivity index (χ1) is 9.29. The van der Waals surface area contributed by atoms with Gasteiger partial charge in [-0.25, -0.2) is 9.97 Å². The van der Waals surface area contributed by atoms with E-state index in [-0.39, 0.29) is 10.8 Å². The Balaban J connectivity index is 2.18. The molecule has 0 atom stereocenters. The van der Waals surface area contributed by atoms with E-state index in [2.05, 4.69) is 54.6 Å². The third-order valence-corrected chi connectivity index (χ3v) is 3.28. The molecule has 20 heavy (non-hydrogen) atoms. The number of hydrogen-bond acceptors (Lipinski definition) is 4. The fourth-order valence-corrected chi connectivity index (χ4v) is 2.08. The van der Waals surface area contributed by atoms with E-state index in [4.69, 9.17) is 0 Å². The van der Waals surface area contributed by atoms with Gasteiger partial charge in [-0.15, -0.1) is 0 Å². The maximum Gasteiger partial charge on any atom is 0.133 e. The van der Waals surface area contributed by atoms with Gasteiger partial charge in [0.25, 0.3) is 0 Å². The Hall–Kier alpha value is -1.84. The van der Waals surface area contributed by atoms with Crippen LogP contribution in [-0.4, -0.2) is 19.9 Å². The summed E-state index contributed by atoms with van der Waals surface area (Å²) in [5.41, 5.74) is 2.01. The number of rotatable bonds is 3. The minimum Gasteiger partial charge on any atom is -0.261 e. The van der Waals surface area contributed by atoms with Gasteiger partial charge in [0.1, 0.15) is 5.82 Å². The molecule has 2 aromatic heterocycles. The molecule has 0 aliphatic rings. The van der Waals surface area contributed by atoms with Gasteiger partial charge in [0.15, 0.2) is 0 Å². The molecule has 2 rings (SSSR count). The van der Waals surface area contributed by atoms with Crippen LogP contribution in [0.3, 0.4) is 0 Å². The molecule has 0 aliphatic heterocycles. The van der Waals surface area contributed by atoms with Crippen LogP contribution in [0.4, 0.5) is 0 Å². The lowest BCUT2D eigenvalue weighted by atomic mass is 9.83. The zero-order valence-electron chi connectivity index (χ0n) is 12.9. The highest BCUT2D eigenvalue weighted by molar-refractivity contribution is 5.18. The Morgan fingerprint density at radius 2 is 1.50 bits per heavy atom. The van der Waals surface area contributed by atoms with Crippen molar-refractivity contribution in [1.29, 1.82) is 0 Å². The van der Waals surface area contributed by atoms with Gasteiger partial charge >= 0.3 is 0 Å². The first-order valence-corrected chi connectivity index (χ1v) is 6.87. The van der Waals surface area contributed by atoms with E-state index in [9.17, 15) is 0 Å². The highest BCUT2D eigenvalue weighted by Crippen LogP contribution is 2.25. The molecular weight excluding hydrogens is 248 g/mol. The van der Waals surface area contributed by atoms with E-state index in [0.717, 1.165) is 23.5 Å². The molecule has 0 saturated carbocycles. The zero-order valence-corrected chi connectivity index (χ0v) is 12.9. The Morgan fingerprint density at radius 1 is 0.850 bits per heavy atom. The van der Waals surface area contributed by atoms with Crippen LogP contribution in [0, 0.1) is 0 Å². The maximum atomic E-state index is 4.48. The zero-order chi connectivity index (χ0) is 14.8. The van der Waals surface area contributed by atoms with E-state index in [1.807, 2.05) is 18.6 Å². The predicted molar refractivity (Wildman–Crippen MR) is 79.5 cm³/mol. The molecule has 0 unspecified atom stereocenters. The summed E-state index contributed by atoms with van der Waals surface area (Å²) in [4.78, 5) is 17.5. The summed E-state index contributed by atoms with van der Waals surface area (Å²) in [6.07, 6.45) is 9.94. The van der Waals surface area contributed by atoms with Gasteiger partial charge in [-0.1, -0.05) is 34.6 Å². The summed E-state index contributed by atoms with van der Waals surface area (Å²) >= 11 is 0. The Bertz CT molecular complexity index is 553. The molecule has 4 nitrogen and oxygen atoms in total. The minimum atomic E-state index is -0.0825. The summed E-state index contributed by atoms with van der Waals surface area (Å²) < 4.78 is 0. The monoisotopic (exact) mass is 270 g/mol. The molecule has 0 saturated heterocycles. The molecule has 0 bridgehead atoms. The van der Waals surface area contributed by atoms with E-state index < -0.39 is 0 Å². The number of nitrogens with zero attached hydrogens (tertiary/aromatic N) is 4. The topological polar surface area (TPSA) is 51.6 Å². The van der Waals surface area contributed by atoms with Crippen LogP contribution in [0.2, 0.25) is 0 Å². The minimum absolute atomic E-state index is 0.0149. The van der Waals surface area contributed by atoms with Gasteiger partial charge < -0.3 is 0 Å². The fourth-order valence-electron chi connectivity index (χ4n) is 2.08. The molecular formula is C16H22N4. The van der Waals surface area contributed by atoms with E-state index in [1.54, 1.807) is 12.4 Å². The summed E-state index contributed by atoms with van der Waals surface area (Å²) in [5.74, 6) is 0.874. The van der Waals surface area contributed by atoms with Crippen molar-refractivity contribution in [3.05, 3.63) is 48.1 Å². The molecule has 2 heterocycles. The Kier molecular flexibility index (Phi) is 3.84. The first-order valence-electron chi connectivity index (χ1n) is 6.87. The van der Waals surface area contributed by atoms with Crippen molar-refractivity contribution in [3.8, 4) is 0 Å². The highest BCUT2D eigenvalue weighted by atomic mass is 14.9. The van der Waals surface area contributed by atoms with Crippen molar-refractivity contribution in [1.82, 2.24) is 19.9 Å². The normalized spacial score (nSPS) is 12.4. The van der Waals surface area contributed by atoms with Crippen molar-refractivity contribution in [2.24, 2.45) is 0 Å². The molecule has 4 heteroatoms. The van der Waals surface area contributed by atoms with Gasteiger partial charge in [-0.3, -0.25) is 9.97 Å². The third kappa shape index (κ3) is 3.38. The SMILES string of the molecule is CC(C)(C)c1ncc(CC(C)(C)c2cnccn2)cn1. The summed E-state index contributed by atoms with van der Waals surface area (Å²) in [5, 5.41) is 0. The van der Waals surface area contributed by atoms with Crippen molar-refractivity contribution < 1.29 is 0 Å². The average molecular weight is 270 g/mol. The Morgan fingerprint density at radius 3 is 2.00 bits per heavy atom. The quantitative estimate of drug-likeness (QED) is 0.860. The van der Waals surface area contributed by atoms with Crippen LogP contribution in [-0.2, 0) is 17.3 Å². The van der Waals surface area contributed by atoms with Crippen molar-refractivity contribution in [3.63, 3.8) is 0 Å². The predicted octanol–water partition coefficient (Wildman–Crippen LogP) is 3.08. The molecule has 0 aromatic carbocycles. The molecule has 0 radical (unpaired) electrons. The second-order valence-electron chi connectivity index (χ2n) is 6.82. The highest BCUT2D eigenvalue weighted by Gasteiger charge is 2.24. The van der Waals surface area contributed by atoms with Crippen LogP contribution in [0.15, 0.2) is 31.0 Å². The van der Waals surface area contributed by atoms with Crippen LogP contribution in [0.1, 0.15) is 51.7 Å². The van der Waals surface area contributed by atoms with Gasteiger partial charge in [0.05, 0.1) is 5.69 Å². The Labute approximate surface area is 120 Å². The van der Waals surface area contributed by atoms with Crippen LogP contribution in [0.5, 0.6) is 0 Å². The lowest BCUT2D eigenvalue weighted by Crippen LogP contribution is -2.23. The van der Waals surface area contributed by atoms with Crippen molar-refractivity contribution in [2.75, 3.05) is 0 Å². The lowest BCUT2D eigenvalue weighted by molar-refractivity contribution is 0.497. The van der Waals surface area contributed by atoms with Crippen LogP contribution >= 0.6 is 0 Å². The summed E-state index contributed by atoms with van der Waals surface area (Å²) in [6.45, 7) is 10.7. The third-order valence-electron chi connectivity index (χ3n) is 3.28. The molecule has 0 amide bonds. The molecule has 0 fully saturated rings. The second kappa shape index (κ2) is 5.27. The average Bonchev–Trinajstić information content (AvgIpc) is 2.39. The molecule has 0 N–H and O–H groups in total. The maximum absolute atomic E-state index is 4.48. The molecule has 2 aromatic rings. The van der Waals surface area contributed by atoms with E-state index >= 15 is 0 Å². The fraction of sp³-hybridized carbons (Fsp3) is 0.500. The number of hydrogen-bond donors (Lipinski definition) is 0. The van der Waals surface area contributed by atoms with Gasteiger partial charge in [-0.05, 0) is 12.0 Å². The van der Waals surface area contributed by atoms with E-state index in [0.29, 0.717) is 0 Å². The molecule has 0 aliphatic carbocycles. The largest absolute Gasteiger partial charge is 0.261 e. The van der Waals surface area contributed by atoms with Crippen LogP contribution in [0.25, 0.3) is 0 Å². The van der Waals surface area contributed by atoms with Gasteiger partial charge in [-0.2, -0.15) is 0 Å². The smallest absolute Gasteiger partial charge is 0.133 e. The lowest BCUT2D eigenvalue weighted by Gasteiger charge is -2.24. The standard InChI is InChI=1S/C16H22N4/c1-15(2,3)14-19-9-12(10-20-14)8-16(4,5)13-11-17-6-7-18-13/h6-7,9-11H,8H2,1-5H3. The van der Waals surface area contributed by atoms with Crippen molar-refractivity contribution >= 4 is 0 Å². The summed E-state index contributed by atoms with van der Waals surface area (Å²) in [7, 11) is 0.